The average molecular weight is 495 g/mol. The second-order valence-electron chi connectivity index (χ2n) is 8.51. The highest BCUT2D eigenvalue weighted by Gasteiger charge is 2.23. The van der Waals surface area contributed by atoms with Crippen LogP contribution >= 0.6 is 0 Å². The van der Waals surface area contributed by atoms with E-state index in [9.17, 15) is 9.90 Å². The Balaban J connectivity index is 1.93. The number of nitriles is 1. The molecule has 0 radical (unpaired) electrons. The zero-order valence-electron chi connectivity index (χ0n) is 20.6. The zero-order valence-corrected chi connectivity index (χ0v) is 20.6. The SMILES string of the molecule is CNC(=O)Nc1ccc(-c2nc(CC(CCCC#N)CCN=CN)c(O)c(N3CCOCC3)n2)cc1. The number of morpholine rings is 1. The van der Waals surface area contributed by atoms with Crippen LogP contribution in [0.15, 0.2) is 29.3 Å². The minimum absolute atomic E-state index is 0.0752. The number of carbonyl (C=O) groups is 1. The van der Waals surface area contributed by atoms with E-state index in [1.807, 2.05) is 17.0 Å². The van der Waals surface area contributed by atoms with E-state index in [0.717, 1.165) is 24.8 Å². The third-order valence-corrected chi connectivity index (χ3v) is 6.03. The number of benzene rings is 1. The topological polar surface area (TPSA) is 162 Å². The molecule has 1 aliphatic heterocycles. The number of unbranched alkanes of at least 4 members (excludes halogenated alkanes) is 1. The number of nitrogens with zero attached hydrogens (tertiary/aromatic N) is 5. The highest BCUT2D eigenvalue weighted by molar-refractivity contribution is 5.89. The summed E-state index contributed by atoms with van der Waals surface area (Å²) in [5.74, 6) is 1.23. The molecule has 1 unspecified atom stereocenters. The van der Waals surface area contributed by atoms with Crippen LogP contribution in [-0.2, 0) is 11.2 Å². The van der Waals surface area contributed by atoms with Gasteiger partial charge in [0.2, 0.25) is 0 Å². The lowest BCUT2D eigenvalue weighted by molar-refractivity contribution is 0.122. The van der Waals surface area contributed by atoms with E-state index < -0.39 is 0 Å². The molecule has 1 fully saturated rings. The Hall–Kier alpha value is -3.91. The molecule has 192 valence electrons. The van der Waals surface area contributed by atoms with Crippen LogP contribution in [0.1, 0.15) is 31.4 Å². The Labute approximate surface area is 211 Å². The number of carbonyl (C=O) groups excluding carboxylic acids is 1. The number of anilines is 2. The van der Waals surface area contributed by atoms with Crippen molar-refractivity contribution in [3.63, 3.8) is 0 Å². The number of amides is 2. The molecule has 11 heteroatoms. The molecule has 0 saturated carbocycles. The number of hydrogen-bond acceptors (Lipinski definition) is 8. The van der Waals surface area contributed by atoms with Crippen LogP contribution in [-0.4, -0.2) is 67.3 Å². The van der Waals surface area contributed by atoms with Crippen molar-refractivity contribution in [1.29, 1.82) is 5.26 Å². The molecule has 3 rings (SSSR count). The third-order valence-electron chi connectivity index (χ3n) is 6.03. The van der Waals surface area contributed by atoms with Gasteiger partial charge in [0, 0.05) is 44.4 Å². The van der Waals surface area contributed by atoms with Gasteiger partial charge in [0.25, 0.3) is 0 Å². The molecular formula is C25H34N8O3. The summed E-state index contributed by atoms with van der Waals surface area (Å²) in [6, 6.07) is 9.13. The molecule has 1 saturated heterocycles. The first-order valence-corrected chi connectivity index (χ1v) is 12.1. The summed E-state index contributed by atoms with van der Waals surface area (Å²) in [6.45, 7) is 2.93. The fourth-order valence-electron chi connectivity index (χ4n) is 4.07. The molecule has 5 N–H and O–H groups in total. The lowest BCUT2D eigenvalue weighted by atomic mass is 9.93. The summed E-state index contributed by atoms with van der Waals surface area (Å²) in [4.78, 5) is 27.2. The van der Waals surface area contributed by atoms with Crippen molar-refractivity contribution >= 4 is 23.9 Å². The Morgan fingerprint density at radius 2 is 2.06 bits per heavy atom. The highest BCUT2D eigenvalue weighted by atomic mass is 16.5. The Bertz CT molecular complexity index is 1060. The predicted octanol–water partition coefficient (Wildman–Crippen LogP) is 2.67. The molecule has 0 bridgehead atoms. The fraction of sp³-hybridized carbons (Fsp3) is 0.480. The van der Waals surface area contributed by atoms with E-state index in [-0.39, 0.29) is 17.7 Å². The van der Waals surface area contributed by atoms with E-state index in [0.29, 0.717) is 68.7 Å². The quantitative estimate of drug-likeness (QED) is 0.210. The largest absolute Gasteiger partial charge is 0.503 e. The van der Waals surface area contributed by atoms with Crippen LogP contribution in [0, 0.1) is 17.2 Å². The molecule has 0 spiro atoms. The van der Waals surface area contributed by atoms with Crippen molar-refractivity contribution < 1.29 is 14.6 Å². The fourth-order valence-corrected chi connectivity index (χ4v) is 4.07. The Kier molecular flexibility index (Phi) is 10.3. The minimum Gasteiger partial charge on any atom is -0.503 e. The second kappa shape index (κ2) is 13.8. The minimum atomic E-state index is -0.304. The molecule has 1 atom stereocenters. The normalized spacial score (nSPS) is 14.4. The van der Waals surface area contributed by atoms with E-state index in [4.69, 9.17) is 25.7 Å². The second-order valence-corrected chi connectivity index (χ2v) is 8.51. The van der Waals surface area contributed by atoms with Gasteiger partial charge in [-0.25, -0.2) is 14.8 Å². The van der Waals surface area contributed by atoms with Crippen LogP contribution < -0.4 is 21.3 Å². The maximum Gasteiger partial charge on any atom is 0.318 e. The number of aromatic hydroxyl groups is 1. The number of nitrogens with one attached hydrogen (secondary N) is 2. The van der Waals surface area contributed by atoms with Gasteiger partial charge in [-0.2, -0.15) is 5.26 Å². The van der Waals surface area contributed by atoms with E-state index in [2.05, 4.69) is 21.7 Å². The summed E-state index contributed by atoms with van der Waals surface area (Å²) in [5.41, 5.74) is 7.38. The summed E-state index contributed by atoms with van der Waals surface area (Å²) < 4.78 is 5.48. The van der Waals surface area contributed by atoms with E-state index in [1.54, 1.807) is 19.2 Å². The Morgan fingerprint density at radius 1 is 1.31 bits per heavy atom. The number of aliphatic imine (C=N–C) groups is 1. The number of urea groups is 1. The molecule has 1 aliphatic rings. The molecule has 1 aromatic carbocycles. The van der Waals surface area contributed by atoms with Gasteiger partial charge < -0.3 is 31.1 Å². The summed E-state index contributed by atoms with van der Waals surface area (Å²) in [5, 5.41) is 25.4. The summed E-state index contributed by atoms with van der Waals surface area (Å²) >= 11 is 0. The molecule has 0 aliphatic carbocycles. The lowest BCUT2D eigenvalue weighted by Gasteiger charge is -2.29. The van der Waals surface area contributed by atoms with Gasteiger partial charge in [-0.1, -0.05) is 0 Å². The van der Waals surface area contributed by atoms with Gasteiger partial charge in [0.1, 0.15) is 0 Å². The van der Waals surface area contributed by atoms with E-state index >= 15 is 0 Å². The van der Waals surface area contributed by atoms with Gasteiger partial charge in [0.15, 0.2) is 17.4 Å². The van der Waals surface area contributed by atoms with Crippen molar-refractivity contribution in [2.24, 2.45) is 16.6 Å². The standard InChI is InChI=1S/C25H34N8O3/c1-28-25(35)30-20-7-5-19(6-8-20)23-31-21(16-18(4-2-3-10-26)9-11-29-17-27)22(34)24(32-23)33-12-14-36-15-13-33/h5-8,17-18,34H,2-4,9,11-16H2,1H3,(H2,27,29)(H2,28,30,35). The monoisotopic (exact) mass is 494 g/mol. The van der Waals surface area contributed by atoms with Crippen LogP contribution in [0.4, 0.5) is 16.3 Å². The number of aromatic nitrogens is 2. The first-order valence-electron chi connectivity index (χ1n) is 12.1. The Morgan fingerprint density at radius 3 is 2.72 bits per heavy atom. The smallest absolute Gasteiger partial charge is 0.318 e. The van der Waals surface area contributed by atoms with Crippen LogP contribution in [0.25, 0.3) is 11.4 Å². The van der Waals surface area contributed by atoms with Crippen molar-refractivity contribution in [2.75, 3.05) is 50.1 Å². The van der Waals surface area contributed by atoms with Gasteiger partial charge in [-0.3, -0.25) is 4.99 Å². The molecule has 1 aromatic heterocycles. The van der Waals surface area contributed by atoms with Gasteiger partial charge >= 0.3 is 6.03 Å². The highest BCUT2D eigenvalue weighted by Crippen LogP contribution is 2.34. The number of nitrogens with two attached hydrogens (primary N) is 1. The van der Waals surface area contributed by atoms with Crippen LogP contribution in [0.5, 0.6) is 5.75 Å². The molecule has 2 aromatic rings. The first-order chi connectivity index (χ1) is 17.5. The molecule has 11 nitrogen and oxygen atoms in total. The van der Waals surface area contributed by atoms with Crippen molar-refractivity contribution in [3.05, 3.63) is 30.0 Å². The summed E-state index contributed by atoms with van der Waals surface area (Å²) in [7, 11) is 1.55. The number of ether oxygens (including phenoxy) is 1. The maximum atomic E-state index is 11.6. The lowest BCUT2D eigenvalue weighted by Crippen LogP contribution is -2.37. The van der Waals surface area contributed by atoms with Gasteiger partial charge in [-0.05, 0) is 55.9 Å². The van der Waals surface area contributed by atoms with Crippen molar-refractivity contribution in [2.45, 2.75) is 32.1 Å². The van der Waals surface area contributed by atoms with Crippen LogP contribution in [0.3, 0.4) is 0 Å². The molecule has 36 heavy (non-hydrogen) atoms. The zero-order chi connectivity index (χ0) is 25.8. The average Bonchev–Trinajstić information content (AvgIpc) is 2.90. The summed E-state index contributed by atoms with van der Waals surface area (Å²) in [6.07, 6.45) is 4.66. The van der Waals surface area contributed by atoms with Crippen molar-refractivity contribution in [1.82, 2.24) is 15.3 Å². The van der Waals surface area contributed by atoms with Gasteiger partial charge in [-0.15, -0.1) is 0 Å². The van der Waals surface area contributed by atoms with Crippen molar-refractivity contribution in [3.8, 4) is 23.2 Å². The maximum absolute atomic E-state index is 11.6. The number of hydrogen-bond donors (Lipinski definition) is 4. The molecular weight excluding hydrogens is 460 g/mol. The predicted molar refractivity (Wildman–Crippen MR) is 139 cm³/mol. The molecule has 2 amide bonds. The third kappa shape index (κ3) is 7.55. The van der Waals surface area contributed by atoms with E-state index in [1.165, 1.54) is 6.34 Å². The van der Waals surface area contributed by atoms with Gasteiger partial charge in [0.05, 0.1) is 31.3 Å². The first kappa shape index (κ1) is 26.7. The van der Waals surface area contributed by atoms with Crippen LogP contribution in [0.2, 0.25) is 0 Å². The molecule has 2 heterocycles. The number of rotatable bonds is 11.